The largest absolute Gasteiger partial charge is 0.755 e. The van der Waals surface area contributed by atoms with Gasteiger partial charge in [0.15, 0.2) is 10.9 Å². The molecule has 2 heterocycles. The van der Waals surface area contributed by atoms with Gasteiger partial charge >= 0.3 is 0 Å². The van der Waals surface area contributed by atoms with Crippen molar-refractivity contribution in [1.29, 1.82) is 0 Å². The minimum Gasteiger partial charge on any atom is -0.755 e. The monoisotopic (exact) mass is 421 g/mol. The maximum Gasteiger partial charge on any atom is 0.186 e. The Kier molecular flexibility index (Phi) is 6.22. The molecule has 1 unspecified atom stereocenters. The zero-order chi connectivity index (χ0) is 19.4. The Labute approximate surface area is 165 Å². The SMILES string of the molecule is CC(=O)SCC(=O)c1ccc(N(c2ccc(-c3ccon3)s2)S(=O)[O-])cc1. The Hall–Kier alpha value is -2.27. The van der Waals surface area contributed by atoms with Crippen LogP contribution in [0, 0.1) is 0 Å². The molecule has 3 rings (SSSR count). The van der Waals surface area contributed by atoms with Crippen LogP contribution in [-0.2, 0) is 16.1 Å². The summed E-state index contributed by atoms with van der Waals surface area (Å²) >= 11 is -0.365. The lowest BCUT2D eigenvalue weighted by atomic mass is 10.1. The summed E-state index contributed by atoms with van der Waals surface area (Å²) in [6.45, 7) is 1.40. The minimum atomic E-state index is -2.55. The first-order valence-electron chi connectivity index (χ1n) is 7.62. The number of carbonyl (C=O) groups excluding carboxylic acids is 2. The number of benzene rings is 1. The number of Topliss-reactive ketones (excluding diaryl/α,β-unsaturated/α-hetero) is 1. The van der Waals surface area contributed by atoms with E-state index in [-0.39, 0.29) is 16.7 Å². The maximum atomic E-state index is 12.0. The minimum absolute atomic E-state index is 0.0534. The van der Waals surface area contributed by atoms with Gasteiger partial charge in [-0.2, -0.15) is 0 Å². The van der Waals surface area contributed by atoms with Gasteiger partial charge in [0.2, 0.25) is 0 Å². The van der Waals surface area contributed by atoms with Crippen molar-refractivity contribution in [2.24, 2.45) is 0 Å². The highest BCUT2D eigenvalue weighted by Gasteiger charge is 2.16. The molecule has 0 radical (unpaired) electrons. The van der Waals surface area contributed by atoms with Crippen LogP contribution in [0.4, 0.5) is 10.7 Å². The number of hydrogen-bond acceptors (Lipinski definition) is 8. The van der Waals surface area contributed by atoms with E-state index in [1.807, 2.05) is 0 Å². The zero-order valence-corrected chi connectivity index (χ0v) is 16.4. The topological polar surface area (TPSA) is 104 Å². The number of nitrogens with zero attached hydrogens (tertiary/aromatic N) is 2. The van der Waals surface area contributed by atoms with E-state index in [1.165, 1.54) is 24.5 Å². The molecule has 0 bridgehead atoms. The summed E-state index contributed by atoms with van der Waals surface area (Å²) in [5.41, 5.74) is 1.43. The summed E-state index contributed by atoms with van der Waals surface area (Å²) in [6.07, 6.45) is 1.44. The van der Waals surface area contributed by atoms with Crippen LogP contribution < -0.4 is 4.31 Å². The van der Waals surface area contributed by atoms with Crippen molar-refractivity contribution in [1.82, 2.24) is 5.16 Å². The molecular formula is C17H13N2O5S3-. The smallest absolute Gasteiger partial charge is 0.186 e. The molecular weight excluding hydrogens is 408 g/mol. The van der Waals surface area contributed by atoms with Crippen LogP contribution in [0.2, 0.25) is 0 Å². The third kappa shape index (κ3) is 4.72. The van der Waals surface area contributed by atoms with Crippen molar-refractivity contribution in [3.63, 3.8) is 0 Å². The highest BCUT2D eigenvalue weighted by Crippen LogP contribution is 2.37. The quantitative estimate of drug-likeness (QED) is 0.422. The molecule has 0 amide bonds. The number of rotatable bonds is 7. The molecule has 0 aliphatic rings. The highest BCUT2D eigenvalue weighted by molar-refractivity contribution is 8.14. The van der Waals surface area contributed by atoms with Gasteiger partial charge in [-0.1, -0.05) is 16.9 Å². The number of hydrogen-bond donors (Lipinski definition) is 0. The van der Waals surface area contributed by atoms with Crippen molar-refractivity contribution >= 4 is 56.0 Å². The molecule has 1 aromatic carbocycles. The second-order valence-electron chi connectivity index (χ2n) is 5.28. The Morgan fingerprint density at radius 1 is 1.22 bits per heavy atom. The second kappa shape index (κ2) is 8.61. The Morgan fingerprint density at radius 2 is 1.96 bits per heavy atom. The van der Waals surface area contributed by atoms with Gasteiger partial charge in [0.25, 0.3) is 0 Å². The van der Waals surface area contributed by atoms with Crippen LogP contribution in [-0.4, -0.2) is 30.6 Å². The van der Waals surface area contributed by atoms with E-state index in [1.54, 1.807) is 42.5 Å². The predicted molar refractivity (Wildman–Crippen MR) is 105 cm³/mol. The van der Waals surface area contributed by atoms with Gasteiger partial charge in [-0.05, 0) is 36.4 Å². The standard InChI is InChI=1S/C17H14N2O5S3/c1-11(20)25-10-15(21)12-2-4-13(5-3-12)19(27(22)23)17-7-6-16(26-17)14-8-9-24-18-14/h2-9H,10H2,1H3,(H,22,23)/p-1. The summed E-state index contributed by atoms with van der Waals surface area (Å²) in [5.74, 6) is -0.140. The Morgan fingerprint density at radius 3 is 2.56 bits per heavy atom. The van der Waals surface area contributed by atoms with Gasteiger partial charge in [-0.15, -0.1) is 11.3 Å². The molecule has 10 heteroatoms. The second-order valence-corrected chi connectivity index (χ2v) is 8.30. The number of thiophene rings is 1. The molecule has 0 spiro atoms. The van der Waals surface area contributed by atoms with Gasteiger partial charge in [-0.3, -0.25) is 18.1 Å². The average Bonchev–Trinajstić information content (AvgIpc) is 3.31. The van der Waals surface area contributed by atoms with E-state index in [0.29, 0.717) is 21.9 Å². The van der Waals surface area contributed by atoms with E-state index in [0.717, 1.165) is 20.9 Å². The fourth-order valence-electron chi connectivity index (χ4n) is 2.23. The zero-order valence-electron chi connectivity index (χ0n) is 14.0. The van der Waals surface area contributed by atoms with Gasteiger partial charge < -0.3 is 9.08 Å². The molecule has 2 aromatic heterocycles. The molecule has 0 saturated carbocycles. The highest BCUT2D eigenvalue weighted by atomic mass is 32.2. The van der Waals surface area contributed by atoms with Crippen molar-refractivity contribution in [2.45, 2.75) is 6.92 Å². The van der Waals surface area contributed by atoms with Crippen molar-refractivity contribution in [3.05, 3.63) is 54.3 Å². The lowest BCUT2D eigenvalue weighted by molar-refractivity contribution is -0.109. The lowest BCUT2D eigenvalue weighted by Crippen LogP contribution is -2.18. The molecule has 0 fully saturated rings. The molecule has 0 aliphatic carbocycles. The number of anilines is 2. The average molecular weight is 422 g/mol. The first-order valence-corrected chi connectivity index (χ1v) is 10.5. The summed E-state index contributed by atoms with van der Waals surface area (Å²) < 4.78 is 29.5. The summed E-state index contributed by atoms with van der Waals surface area (Å²) in [6, 6.07) is 11.3. The summed E-state index contributed by atoms with van der Waals surface area (Å²) in [7, 11) is 0. The fourth-order valence-corrected chi connectivity index (χ4v) is 4.43. The Bertz CT molecular complexity index is 967. The van der Waals surface area contributed by atoms with E-state index < -0.39 is 11.3 Å². The van der Waals surface area contributed by atoms with E-state index in [9.17, 15) is 18.4 Å². The van der Waals surface area contributed by atoms with E-state index in [4.69, 9.17) is 4.52 Å². The van der Waals surface area contributed by atoms with Crippen molar-refractivity contribution < 1.29 is 22.9 Å². The van der Waals surface area contributed by atoms with Crippen LogP contribution in [0.5, 0.6) is 0 Å². The first-order chi connectivity index (χ1) is 13.0. The normalized spacial score (nSPS) is 11.9. The van der Waals surface area contributed by atoms with Crippen LogP contribution in [0.1, 0.15) is 17.3 Å². The summed E-state index contributed by atoms with van der Waals surface area (Å²) in [5, 5.41) is 4.19. The molecule has 1 atom stereocenters. The van der Waals surface area contributed by atoms with E-state index in [2.05, 4.69) is 5.16 Å². The summed E-state index contributed by atoms with van der Waals surface area (Å²) in [4.78, 5) is 23.8. The third-order valence-electron chi connectivity index (χ3n) is 3.46. The van der Waals surface area contributed by atoms with E-state index >= 15 is 0 Å². The molecule has 3 aromatic rings. The third-order valence-corrected chi connectivity index (χ3v) is 6.19. The maximum absolute atomic E-state index is 12.0. The molecule has 27 heavy (non-hydrogen) atoms. The number of carbonyl (C=O) groups is 2. The van der Waals surface area contributed by atoms with Gasteiger partial charge in [-0.25, -0.2) is 0 Å². The van der Waals surface area contributed by atoms with Crippen LogP contribution in [0.3, 0.4) is 0 Å². The predicted octanol–water partition coefficient (Wildman–Crippen LogP) is 3.80. The molecule has 140 valence electrons. The Balaban J connectivity index is 1.82. The molecule has 0 aliphatic heterocycles. The molecule has 7 nitrogen and oxygen atoms in total. The number of thioether (sulfide) groups is 1. The first kappa shape index (κ1) is 19.5. The van der Waals surface area contributed by atoms with Crippen molar-refractivity contribution in [2.75, 3.05) is 10.1 Å². The fraction of sp³-hybridized carbons (Fsp3) is 0.118. The van der Waals surface area contributed by atoms with Crippen LogP contribution in [0.25, 0.3) is 10.6 Å². The van der Waals surface area contributed by atoms with Crippen LogP contribution in [0.15, 0.2) is 53.3 Å². The van der Waals surface area contributed by atoms with Gasteiger partial charge in [0, 0.05) is 18.6 Å². The van der Waals surface area contributed by atoms with Gasteiger partial charge in [0.05, 0.1) is 27.6 Å². The number of ketones is 1. The van der Waals surface area contributed by atoms with Crippen LogP contribution >= 0.6 is 23.1 Å². The molecule has 0 N–H and O–H groups in total. The number of aromatic nitrogens is 1. The van der Waals surface area contributed by atoms with Crippen molar-refractivity contribution in [3.8, 4) is 10.6 Å². The molecule has 0 saturated heterocycles. The van der Waals surface area contributed by atoms with Gasteiger partial charge in [0.1, 0.15) is 17.0 Å². The lowest BCUT2D eigenvalue weighted by Gasteiger charge is -2.24.